The van der Waals surface area contributed by atoms with E-state index in [4.69, 9.17) is 5.11 Å². The first-order valence-corrected chi connectivity index (χ1v) is 7.58. The Balaban J connectivity index is 2.49. The van der Waals surface area contributed by atoms with Crippen LogP contribution in [0.4, 0.5) is 0 Å². The van der Waals surface area contributed by atoms with Crippen LogP contribution in [0.5, 0.6) is 0 Å². The minimum Gasteiger partial charge on any atom is -0.480 e. The van der Waals surface area contributed by atoms with Gasteiger partial charge >= 0.3 is 5.97 Å². The summed E-state index contributed by atoms with van der Waals surface area (Å²) >= 11 is 4.73. The Morgan fingerprint density at radius 3 is 2.63 bits per heavy atom. The normalized spacial score (nSPS) is 12.2. The zero-order chi connectivity index (χ0) is 14.4. The molecule has 1 aromatic carbocycles. The minimum absolute atomic E-state index is 0.141. The van der Waals surface area contributed by atoms with Crippen molar-refractivity contribution in [2.45, 2.75) is 24.8 Å². The topological polar surface area (TPSA) is 66.4 Å². The Morgan fingerprint density at radius 1 is 1.42 bits per heavy atom. The molecule has 0 aromatic heterocycles. The largest absolute Gasteiger partial charge is 0.480 e. The molecular weight excluding hydrogens is 330 g/mol. The van der Waals surface area contributed by atoms with E-state index in [0.29, 0.717) is 0 Å². The predicted octanol–water partition coefficient (Wildman–Crippen LogP) is 2.77. The van der Waals surface area contributed by atoms with Crippen LogP contribution < -0.4 is 5.32 Å². The van der Waals surface area contributed by atoms with Crippen LogP contribution in [0.15, 0.2) is 33.6 Å². The monoisotopic (exact) mass is 345 g/mol. The Kier molecular flexibility index (Phi) is 6.37. The van der Waals surface area contributed by atoms with Gasteiger partial charge in [-0.2, -0.15) is 0 Å². The second kappa shape index (κ2) is 7.55. The molecule has 1 unspecified atom stereocenters. The van der Waals surface area contributed by atoms with Gasteiger partial charge in [-0.05, 0) is 24.1 Å². The molecule has 0 aliphatic rings. The molecule has 1 aromatic rings. The summed E-state index contributed by atoms with van der Waals surface area (Å²) in [6.45, 7) is 3.53. The van der Waals surface area contributed by atoms with Crippen molar-refractivity contribution in [2.24, 2.45) is 5.92 Å². The Bertz CT molecular complexity index is 465. The van der Waals surface area contributed by atoms with E-state index in [1.165, 1.54) is 11.8 Å². The van der Waals surface area contributed by atoms with Crippen LogP contribution in [-0.4, -0.2) is 28.8 Å². The number of carboxylic acid groups (broad SMARTS) is 1. The molecular formula is C13H16BrNO3S. The van der Waals surface area contributed by atoms with Crippen LogP contribution in [-0.2, 0) is 9.59 Å². The van der Waals surface area contributed by atoms with E-state index in [9.17, 15) is 9.59 Å². The molecule has 0 spiro atoms. The highest BCUT2D eigenvalue weighted by Crippen LogP contribution is 2.21. The molecule has 104 valence electrons. The summed E-state index contributed by atoms with van der Waals surface area (Å²) in [7, 11) is 0. The van der Waals surface area contributed by atoms with E-state index in [1.54, 1.807) is 13.8 Å². The summed E-state index contributed by atoms with van der Waals surface area (Å²) in [6.07, 6.45) is 0. The first-order chi connectivity index (χ1) is 8.90. The maximum absolute atomic E-state index is 11.7. The van der Waals surface area contributed by atoms with Crippen molar-refractivity contribution in [2.75, 3.05) is 5.75 Å². The predicted molar refractivity (Wildman–Crippen MR) is 79.3 cm³/mol. The average molecular weight is 346 g/mol. The second-order valence-electron chi connectivity index (χ2n) is 4.37. The number of carbonyl (C=O) groups is 2. The first kappa shape index (κ1) is 16.0. The lowest BCUT2D eigenvalue weighted by Crippen LogP contribution is -2.45. The highest BCUT2D eigenvalue weighted by molar-refractivity contribution is 9.10. The average Bonchev–Trinajstić information content (AvgIpc) is 2.32. The van der Waals surface area contributed by atoms with Gasteiger partial charge in [0.2, 0.25) is 5.91 Å². The van der Waals surface area contributed by atoms with Gasteiger partial charge in [0.25, 0.3) is 0 Å². The van der Waals surface area contributed by atoms with Crippen molar-refractivity contribution < 1.29 is 14.7 Å². The van der Waals surface area contributed by atoms with Crippen molar-refractivity contribution in [1.29, 1.82) is 0 Å². The Labute approximate surface area is 125 Å². The molecule has 0 fully saturated rings. The molecule has 0 bridgehead atoms. The fourth-order valence-electron chi connectivity index (χ4n) is 1.43. The number of rotatable bonds is 6. The van der Waals surface area contributed by atoms with Crippen molar-refractivity contribution in [3.63, 3.8) is 0 Å². The molecule has 0 aliphatic carbocycles. The van der Waals surface area contributed by atoms with E-state index < -0.39 is 12.0 Å². The quantitative estimate of drug-likeness (QED) is 0.778. The molecule has 0 saturated heterocycles. The number of thioether (sulfide) groups is 1. The molecule has 1 amide bonds. The SMILES string of the molecule is CC(C)C(NC(=O)CSc1cccc(Br)c1)C(=O)O. The lowest BCUT2D eigenvalue weighted by atomic mass is 10.1. The molecule has 4 nitrogen and oxygen atoms in total. The number of hydrogen-bond acceptors (Lipinski definition) is 3. The van der Waals surface area contributed by atoms with Gasteiger partial charge in [0, 0.05) is 9.37 Å². The summed E-state index contributed by atoms with van der Waals surface area (Å²) < 4.78 is 0.948. The summed E-state index contributed by atoms with van der Waals surface area (Å²) in [5.74, 6) is -1.22. The maximum atomic E-state index is 11.7. The molecule has 0 aliphatic heterocycles. The van der Waals surface area contributed by atoms with E-state index in [-0.39, 0.29) is 17.6 Å². The summed E-state index contributed by atoms with van der Waals surface area (Å²) in [6, 6.07) is 6.77. The van der Waals surface area contributed by atoms with Crippen LogP contribution in [0.2, 0.25) is 0 Å². The highest BCUT2D eigenvalue weighted by Gasteiger charge is 2.23. The number of amides is 1. The lowest BCUT2D eigenvalue weighted by molar-refractivity contribution is -0.142. The van der Waals surface area contributed by atoms with Gasteiger partial charge in [0.15, 0.2) is 0 Å². The number of benzene rings is 1. The van der Waals surface area contributed by atoms with Gasteiger partial charge in [-0.25, -0.2) is 4.79 Å². The number of aliphatic carboxylic acids is 1. The third kappa shape index (κ3) is 5.65. The number of nitrogens with one attached hydrogen (secondary N) is 1. The minimum atomic E-state index is -1.00. The number of carbonyl (C=O) groups excluding carboxylic acids is 1. The molecule has 6 heteroatoms. The van der Waals surface area contributed by atoms with E-state index in [2.05, 4.69) is 21.2 Å². The van der Waals surface area contributed by atoms with Crippen molar-refractivity contribution in [3.05, 3.63) is 28.7 Å². The van der Waals surface area contributed by atoms with Gasteiger partial charge in [0.1, 0.15) is 6.04 Å². The van der Waals surface area contributed by atoms with Crippen LogP contribution in [0.3, 0.4) is 0 Å². The van der Waals surface area contributed by atoms with Crippen LogP contribution in [0, 0.1) is 5.92 Å². The van der Waals surface area contributed by atoms with E-state index >= 15 is 0 Å². The maximum Gasteiger partial charge on any atom is 0.326 e. The fourth-order valence-corrected chi connectivity index (χ4v) is 2.75. The zero-order valence-corrected chi connectivity index (χ0v) is 13.1. The van der Waals surface area contributed by atoms with Crippen LogP contribution in [0.25, 0.3) is 0 Å². The highest BCUT2D eigenvalue weighted by atomic mass is 79.9. The van der Waals surface area contributed by atoms with Gasteiger partial charge in [0.05, 0.1) is 5.75 Å². The van der Waals surface area contributed by atoms with Crippen LogP contribution in [0.1, 0.15) is 13.8 Å². The summed E-state index contributed by atoms with van der Waals surface area (Å²) in [4.78, 5) is 23.6. The lowest BCUT2D eigenvalue weighted by Gasteiger charge is -2.17. The Morgan fingerprint density at radius 2 is 2.11 bits per heavy atom. The third-order valence-corrected chi connectivity index (χ3v) is 3.90. The number of halogens is 1. The number of hydrogen-bond donors (Lipinski definition) is 2. The molecule has 0 saturated carbocycles. The van der Waals surface area contributed by atoms with Crippen LogP contribution >= 0.6 is 27.7 Å². The van der Waals surface area contributed by atoms with Crippen molar-refractivity contribution >= 4 is 39.6 Å². The van der Waals surface area contributed by atoms with E-state index in [1.807, 2.05) is 24.3 Å². The van der Waals surface area contributed by atoms with Gasteiger partial charge in [-0.3, -0.25) is 4.79 Å². The number of carboxylic acids is 1. The molecule has 2 N–H and O–H groups in total. The molecule has 1 atom stereocenters. The van der Waals surface area contributed by atoms with Gasteiger partial charge < -0.3 is 10.4 Å². The summed E-state index contributed by atoms with van der Waals surface area (Å²) in [5.41, 5.74) is 0. The van der Waals surface area contributed by atoms with E-state index in [0.717, 1.165) is 9.37 Å². The standard InChI is InChI=1S/C13H16BrNO3S/c1-8(2)12(13(17)18)15-11(16)7-19-10-5-3-4-9(14)6-10/h3-6,8,12H,7H2,1-2H3,(H,15,16)(H,17,18). The van der Waals surface area contributed by atoms with Gasteiger partial charge in [-0.15, -0.1) is 11.8 Å². The smallest absolute Gasteiger partial charge is 0.326 e. The molecule has 0 heterocycles. The van der Waals surface area contributed by atoms with Crippen molar-refractivity contribution in [1.82, 2.24) is 5.32 Å². The zero-order valence-electron chi connectivity index (χ0n) is 10.7. The fraction of sp³-hybridized carbons (Fsp3) is 0.385. The second-order valence-corrected chi connectivity index (χ2v) is 6.34. The van der Waals surface area contributed by atoms with Crippen molar-refractivity contribution in [3.8, 4) is 0 Å². The molecule has 0 radical (unpaired) electrons. The molecule has 1 rings (SSSR count). The first-order valence-electron chi connectivity index (χ1n) is 5.80. The summed E-state index contributed by atoms with van der Waals surface area (Å²) in [5, 5.41) is 11.5. The Hall–Kier alpha value is -1.01. The third-order valence-electron chi connectivity index (χ3n) is 2.42. The molecule has 19 heavy (non-hydrogen) atoms. The van der Waals surface area contributed by atoms with Gasteiger partial charge in [-0.1, -0.05) is 35.8 Å².